The number of nitrogens with one attached hydrogen (secondary N) is 2. The molecule has 0 unspecified atom stereocenters. The molecule has 9 nitrogen and oxygen atoms in total. The fourth-order valence-corrected chi connectivity index (χ4v) is 3.76. The normalized spacial score (nSPS) is 10.9. The van der Waals surface area contributed by atoms with Crippen LogP contribution in [0.4, 0.5) is 0 Å². The summed E-state index contributed by atoms with van der Waals surface area (Å²) in [6, 6.07) is 14.1. The van der Waals surface area contributed by atoms with Gasteiger partial charge in [0, 0.05) is 12.6 Å². The number of para-hydroxylation sites is 1. The number of benzene rings is 2. The van der Waals surface area contributed by atoms with Gasteiger partial charge in [0.15, 0.2) is 11.0 Å². The van der Waals surface area contributed by atoms with Crippen molar-refractivity contribution in [3.05, 3.63) is 76.1 Å². The second kappa shape index (κ2) is 9.00. The van der Waals surface area contributed by atoms with E-state index in [1.807, 2.05) is 25.2 Å². The third-order valence-electron chi connectivity index (χ3n) is 4.68. The van der Waals surface area contributed by atoms with E-state index in [2.05, 4.69) is 25.5 Å². The van der Waals surface area contributed by atoms with Crippen molar-refractivity contribution >= 4 is 28.6 Å². The Kier molecular flexibility index (Phi) is 5.99. The second-order valence-electron chi connectivity index (χ2n) is 6.69. The van der Waals surface area contributed by atoms with E-state index < -0.39 is 0 Å². The number of hydrogen-bond donors (Lipinski definition) is 2. The van der Waals surface area contributed by atoms with Crippen molar-refractivity contribution in [2.75, 3.05) is 7.11 Å². The highest BCUT2D eigenvalue weighted by Gasteiger charge is 2.13. The lowest BCUT2D eigenvalue weighted by Crippen LogP contribution is -2.24. The largest absolute Gasteiger partial charge is 0.497 e. The Hall–Kier alpha value is -3.66. The molecule has 4 rings (SSSR count). The van der Waals surface area contributed by atoms with Crippen LogP contribution in [0.25, 0.3) is 10.9 Å². The molecule has 0 radical (unpaired) electrons. The number of thioether (sulfide) groups is 1. The Balaban J connectivity index is 1.39. The zero-order valence-corrected chi connectivity index (χ0v) is 17.8. The molecule has 0 bridgehead atoms. The van der Waals surface area contributed by atoms with Crippen LogP contribution in [0.1, 0.15) is 22.0 Å². The zero-order valence-electron chi connectivity index (χ0n) is 17.0. The predicted molar refractivity (Wildman–Crippen MR) is 117 cm³/mol. The number of carbonyl (C=O) groups excluding carboxylic acids is 1. The number of amides is 1. The fraction of sp³-hybridized carbons (Fsp3) is 0.190. The van der Waals surface area contributed by atoms with Crippen LogP contribution in [0.3, 0.4) is 0 Å². The highest BCUT2D eigenvalue weighted by molar-refractivity contribution is 7.98. The lowest BCUT2D eigenvalue weighted by atomic mass is 10.2. The smallest absolute Gasteiger partial charge is 0.258 e. The van der Waals surface area contributed by atoms with Crippen molar-refractivity contribution in [1.82, 2.24) is 30.0 Å². The number of H-pyrrole nitrogens is 1. The average molecular weight is 436 g/mol. The molecule has 2 aromatic heterocycles. The molecule has 158 valence electrons. The van der Waals surface area contributed by atoms with Gasteiger partial charge >= 0.3 is 0 Å². The minimum absolute atomic E-state index is 0.166. The van der Waals surface area contributed by atoms with Crippen LogP contribution in [0.5, 0.6) is 5.75 Å². The number of carbonyl (C=O) groups is 1. The maximum Gasteiger partial charge on any atom is 0.258 e. The van der Waals surface area contributed by atoms with Gasteiger partial charge in [0.25, 0.3) is 11.5 Å². The number of hydrogen-bond acceptors (Lipinski definition) is 7. The van der Waals surface area contributed by atoms with E-state index in [-0.39, 0.29) is 18.0 Å². The minimum Gasteiger partial charge on any atom is -0.497 e. The van der Waals surface area contributed by atoms with Crippen molar-refractivity contribution in [2.45, 2.75) is 17.5 Å². The first kappa shape index (κ1) is 20.6. The molecule has 0 aliphatic carbocycles. The number of nitrogens with zero attached hydrogens (tertiary/aromatic N) is 4. The molecule has 0 atom stereocenters. The summed E-state index contributed by atoms with van der Waals surface area (Å²) in [5.74, 6) is 2.09. The van der Waals surface area contributed by atoms with Gasteiger partial charge in [0.1, 0.15) is 11.6 Å². The van der Waals surface area contributed by atoms with Crippen molar-refractivity contribution in [3.63, 3.8) is 0 Å². The Bertz CT molecular complexity index is 1280. The van der Waals surface area contributed by atoms with Crippen LogP contribution in [-0.2, 0) is 19.3 Å². The van der Waals surface area contributed by atoms with Crippen molar-refractivity contribution < 1.29 is 9.53 Å². The molecule has 2 heterocycles. The zero-order chi connectivity index (χ0) is 21.8. The van der Waals surface area contributed by atoms with Crippen molar-refractivity contribution in [2.24, 2.45) is 7.05 Å². The van der Waals surface area contributed by atoms with Gasteiger partial charge in [0.2, 0.25) is 0 Å². The third-order valence-corrected chi connectivity index (χ3v) is 5.72. The van der Waals surface area contributed by atoms with E-state index in [0.717, 1.165) is 0 Å². The first-order valence-corrected chi connectivity index (χ1v) is 10.4. The summed E-state index contributed by atoms with van der Waals surface area (Å²) in [7, 11) is 3.40. The summed E-state index contributed by atoms with van der Waals surface area (Å²) >= 11 is 1.40. The van der Waals surface area contributed by atoms with Crippen LogP contribution in [0, 0.1) is 0 Å². The third kappa shape index (κ3) is 4.58. The quantitative estimate of drug-likeness (QED) is 0.427. The Labute approximate surface area is 181 Å². The number of fused-ring (bicyclic) bond motifs is 1. The van der Waals surface area contributed by atoms with Crippen LogP contribution >= 0.6 is 11.8 Å². The maximum atomic E-state index is 12.3. The van der Waals surface area contributed by atoms with E-state index in [4.69, 9.17) is 4.74 Å². The second-order valence-corrected chi connectivity index (χ2v) is 7.63. The molecule has 0 saturated heterocycles. The first-order valence-electron chi connectivity index (χ1n) is 9.46. The topological polar surface area (TPSA) is 115 Å². The summed E-state index contributed by atoms with van der Waals surface area (Å²) in [4.78, 5) is 31.8. The molecular weight excluding hydrogens is 416 g/mol. The summed E-state index contributed by atoms with van der Waals surface area (Å²) in [6.45, 7) is 0.236. The molecule has 0 spiro atoms. The molecule has 0 saturated carbocycles. The van der Waals surface area contributed by atoms with Crippen molar-refractivity contribution in [1.29, 1.82) is 0 Å². The van der Waals surface area contributed by atoms with E-state index in [1.165, 1.54) is 11.8 Å². The number of aromatic nitrogens is 5. The van der Waals surface area contributed by atoms with Gasteiger partial charge in [-0.3, -0.25) is 9.59 Å². The Morgan fingerprint density at radius 2 is 1.94 bits per heavy atom. The van der Waals surface area contributed by atoms with Crippen LogP contribution in [-0.4, -0.2) is 37.7 Å². The highest BCUT2D eigenvalue weighted by atomic mass is 32.2. The lowest BCUT2D eigenvalue weighted by molar-refractivity contribution is 0.0949. The predicted octanol–water partition coefficient (Wildman–Crippen LogP) is 2.28. The lowest BCUT2D eigenvalue weighted by Gasteiger charge is -2.07. The van der Waals surface area contributed by atoms with Gasteiger partial charge in [0.05, 0.1) is 30.3 Å². The van der Waals surface area contributed by atoms with Gasteiger partial charge in [-0.1, -0.05) is 23.9 Å². The molecule has 1 amide bonds. The van der Waals surface area contributed by atoms with Crippen LogP contribution < -0.4 is 15.6 Å². The molecule has 2 N–H and O–H groups in total. The van der Waals surface area contributed by atoms with E-state index >= 15 is 0 Å². The van der Waals surface area contributed by atoms with Crippen LogP contribution in [0.2, 0.25) is 0 Å². The standard InChI is InChI=1S/C21H20N6O3S/c1-27-18(11-22-19(28)13-7-9-14(30-2)10-8-13)25-26-21(27)31-12-17-23-16-6-4-3-5-15(16)20(29)24-17/h3-10H,11-12H2,1-2H3,(H,22,28)(H,23,24,29). The molecule has 0 fully saturated rings. The molecule has 31 heavy (non-hydrogen) atoms. The van der Waals surface area contributed by atoms with E-state index in [0.29, 0.717) is 44.8 Å². The van der Waals surface area contributed by atoms with Gasteiger partial charge in [-0.25, -0.2) is 4.98 Å². The molecule has 2 aromatic carbocycles. The molecule has 0 aliphatic rings. The summed E-state index contributed by atoms with van der Waals surface area (Å²) < 4.78 is 6.90. The molecule has 4 aromatic rings. The number of aromatic amines is 1. The maximum absolute atomic E-state index is 12.3. The van der Waals surface area contributed by atoms with Crippen LogP contribution in [0.15, 0.2) is 58.5 Å². The summed E-state index contributed by atoms with van der Waals surface area (Å²) in [6.07, 6.45) is 0. The Morgan fingerprint density at radius 1 is 1.16 bits per heavy atom. The van der Waals surface area contributed by atoms with Gasteiger partial charge in [-0.15, -0.1) is 10.2 Å². The summed E-state index contributed by atoms with van der Waals surface area (Å²) in [5.41, 5.74) is 1.02. The van der Waals surface area contributed by atoms with E-state index in [9.17, 15) is 9.59 Å². The first-order chi connectivity index (χ1) is 15.0. The SMILES string of the molecule is COc1ccc(C(=O)NCc2nnc(SCc3nc4ccccc4c(=O)[nH]3)n2C)cc1. The molecule has 10 heteroatoms. The minimum atomic E-state index is -0.210. The van der Waals surface area contributed by atoms with Crippen molar-refractivity contribution in [3.8, 4) is 5.75 Å². The van der Waals surface area contributed by atoms with Gasteiger partial charge in [-0.2, -0.15) is 0 Å². The van der Waals surface area contributed by atoms with Gasteiger partial charge < -0.3 is 19.6 Å². The summed E-state index contributed by atoms with van der Waals surface area (Å²) in [5, 5.41) is 12.4. The monoisotopic (exact) mass is 436 g/mol. The molecule has 0 aliphatic heterocycles. The molecular formula is C21H20N6O3S. The van der Waals surface area contributed by atoms with E-state index in [1.54, 1.807) is 42.0 Å². The number of rotatable bonds is 7. The number of ether oxygens (including phenoxy) is 1. The highest BCUT2D eigenvalue weighted by Crippen LogP contribution is 2.20. The average Bonchev–Trinajstić information content (AvgIpc) is 3.15. The number of methoxy groups -OCH3 is 1. The fourth-order valence-electron chi connectivity index (χ4n) is 2.96. The Morgan fingerprint density at radius 3 is 2.71 bits per heavy atom. The van der Waals surface area contributed by atoms with Gasteiger partial charge in [-0.05, 0) is 36.4 Å².